The van der Waals surface area contributed by atoms with Crippen LogP contribution in [0.3, 0.4) is 0 Å². The molecule has 2 aromatic rings. The Morgan fingerprint density at radius 1 is 1.38 bits per heavy atom. The predicted octanol–water partition coefficient (Wildman–Crippen LogP) is 3.36. The molecule has 110 valence electrons. The van der Waals surface area contributed by atoms with Crippen molar-refractivity contribution >= 4 is 23.3 Å². The number of aromatic nitrogens is 2. The van der Waals surface area contributed by atoms with Crippen LogP contribution in [0.15, 0.2) is 34.7 Å². The first kappa shape index (κ1) is 16.0. The molecule has 0 aliphatic carbocycles. The normalized spacial score (nSPS) is 13.6. The monoisotopic (exact) mass is 318 g/mol. The zero-order chi connectivity index (χ0) is 15.1. The lowest BCUT2D eigenvalue weighted by molar-refractivity contribution is 0.474. The molecule has 21 heavy (non-hydrogen) atoms. The van der Waals surface area contributed by atoms with Crippen molar-refractivity contribution < 1.29 is 0 Å². The van der Waals surface area contributed by atoms with Gasteiger partial charge in [-0.05, 0) is 37.0 Å². The van der Waals surface area contributed by atoms with Gasteiger partial charge in [0.1, 0.15) is 11.4 Å². The summed E-state index contributed by atoms with van der Waals surface area (Å²) in [4.78, 5) is 4.36. The van der Waals surface area contributed by atoms with Gasteiger partial charge in [0.2, 0.25) is 0 Å². The summed E-state index contributed by atoms with van der Waals surface area (Å²) in [5.74, 6) is 1.40. The first-order chi connectivity index (χ1) is 10.2. The minimum Gasteiger partial charge on any atom is -0.295 e. The highest BCUT2D eigenvalue weighted by Gasteiger charge is 2.32. The second-order valence-corrected chi connectivity index (χ2v) is 6.68. The Balaban J connectivity index is 2.20. The summed E-state index contributed by atoms with van der Waals surface area (Å²) in [5.41, 5.74) is 0.302. The van der Waals surface area contributed by atoms with Crippen LogP contribution in [0, 0.1) is 18.3 Å². The molecule has 0 bridgehead atoms. The van der Waals surface area contributed by atoms with Crippen molar-refractivity contribution in [2.45, 2.75) is 30.1 Å². The van der Waals surface area contributed by atoms with Crippen LogP contribution in [0.5, 0.6) is 0 Å². The number of nitriles is 1. The molecule has 0 fully saturated rings. The SMILES string of the molecule is CCCNC(C#N)(CSc1nc(C)ns1)c1ccccc1. The molecule has 1 unspecified atom stereocenters. The summed E-state index contributed by atoms with van der Waals surface area (Å²) < 4.78 is 5.09. The number of rotatable bonds is 7. The molecule has 0 saturated heterocycles. The molecule has 2 rings (SSSR count). The van der Waals surface area contributed by atoms with Gasteiger partial charge in [-0.3, -0.25) is 5.32 Å². The molecule has 0 aliphatic rings. The van der Waals surface area contributed by atoms with Gasteiger partial charge in [-0.25, -0.2) is 4.98 Å². The van der Waals surface area contributed by atoms with Gasteiger partial charge in [0.25, 0.3) is 0 Å². The van der Waals surface area contributed by atoms with Gasteiger partial charge >= 0.3 is 0 Å². The van der Waals surface area contributed by atoms with Gasteiger partial charge in [0, 0.05) is 5.75 Å². The predicted molar refractivity (Wildman–Crippen MR) is 87.4 cm³/mol. The summed E-state index contributed by atoms with van der Waals surface area (Å²) in [6.07, 6.45) is 0.985. The molecule has 1 atom stereocenters. The third kappa shape index (κ3) is 4.03. The maximum absolute atomic E-state index is 9.78. The molecular weight excluding hydrogens is 300 g/mol. The van der Waals surface area contributed by atoms with E-state index in [4.69, 9.17) is 0 Å². The van der Waals surface area contributed by atoms with Crippen molar-refractivity contribution in [2.75, 3.05) is 12.3 Å². The number of nitrogens with one attached hydrogen (secondary N) is 1. The topological polar surface area (TPSA) is 61.6 Å². The summed E-state index contributed by atoms with van der Waals surface area (Å²) >= 11 is 2.96. The van der Waals surface area contributed by atoms with E-state index in [2.05, 4.69) is 27.7 Å². The average Bonchev–Trinajstić information content (AvgIpc) is 2.95. The van der Waals surface area contributed by atoms with E-state index in [1.54, 1.807) is 11.8 Å². The van der Waals surface area contributed by atoms with E-state index in [9.17, 15) is 5.26 Å². The van der Waals surface area contributed by atoms with E-state index in [-0.39, 0.29) is 0 Å². The van der Waals surface area contributed by atoms with E-state index in [0.29, 0.717) is 5.75 Å². The summed E-state index contributed by atoms with van der Waals surface area (Å²) in [6, 6.07) is 12.4. The fourth-order valence-electron chi connectivity index (χ4n) is 1.94. The van der Waals surface area contributed by atoms with E-state index in [1.165, 1.54) is 11.5 Å². The maximum Gasteiger partial charge on any atom is 0.170 e. The van der Waals surface area contributed by atoms with Crippen LogP contribution in [0.25, 0.3) is 0 Å². The van der Waals surface area contributed by atoms with Gasteiger partial charge in [-0.1, -0.05) is 49.0 Å². The zero-order valence-corrected chi connectivity index (χ0v) is 13.8. The molecule has 1 N–H and O–H groups in total. The second-order valence-electron chi connectivity index (χ2n) is 4.71. The number of hydrogen-bond acceptors (Lipinski definition) is 6. The van der Waals surface area contributed by atoms with Gasteiger partial charge in [0.15, 0.2) is 4.34 Å². The van der Waals surface area contributed by atoms with Crippen LogP contribution in [-0.2, 0) is 5.54 Å². The molecule has 0 aliphatic heterocycles. The number of thioether (sulfide) groups is 1. The molecule has 0 spiro atoms. The molecule has 4 nitrogen and oxygen atoms in total. The number of aryl methyl sites for hydroxylation is 1. The number of hydrogen-bond donors (Lipinski definition) is 1. The second kappa shape index (κ2) is 7.55. The smallest absolute Gasteiger partial charge is 0.170 e. The van der Waals surface area contributed by atoms with Crippen LogP contribution < -0.4 is 5.32 Å². The Kier molecular flexibility index (Phi) is 5.74. The lowest BCUT2D eigenvalue weighted by atomic mass is 9.93. The number of nitrogens with zero attached hydrogens (tertiary/aromatic N) is 3. The van der Waals surface area contributed by atoms with Crippen molar-refractivity contribution in [3.8, 4) is 6.07 Å². The molecule has 1 aromatic carbocycles. The van der Waals surface area contributed by atoms with Crippen LogP contribution in [0.4, 0.5) is 0 Å². The highest BCUT2D eigenvalue weighted by Crippen LogP contribution is 2.30. The Morgan fingerprint density at radius 2 is 2.14 bits per heavy atom. The first-order valence-electron chi connectivity index (χ1n) is 6.85. The fourth-order valence-corrected chi connectivity index (χ4v) is 3.73. The van der Waals surface area contributed by atoms with E-state index < -0.39 is 5.54 Å². The Bertz CT molecular complexity index is 606. The molecule has 0 saturated carbocycles. The molecule has 1 aromatic heterocycles. The van der Waals surface area contributed by atoms with E-state index >= 15 is 0 Å². The Morgan fingerprint density at radius 3 is 2.71 bits per heavy atom. The molecule has 1 heterocycles. The number of benzene rings is 1. The summed E-state index contributed by atoms with van der Waals surface area (Å²) in [5, 5.41) is 13.2. The summed E-state index contributed by atoms with van der Waals surface area (Å²) in [7, 11) is 0. The standard InChI is InChI=1S/C15H18N4S2/c1-3-9-17-15(10-16,13-7-5-4-6-8-13)11-20-14-18-12(2)19-21-14/h4-8,17H,3,9,11H2,1-2H3. The average molecular weight is 318 g/mol. The molecule has 6 heteroatoms. The lowest BCUT2D eigenvalue weighted by Crippen LogP contribution is -2.43. The van der Waals surface area contributed by atoms with Gasteiger partial charge in [-0.15, -0.1) is 0 Å². The maximum atomic E-state index is 9.78. The quantitative estimate of drug-likeness (QED) is 0.793. The fraction of sp³-hybridized carbons (Fsp3) is 0.400. The molecule has 0 amide bonds. The zero-order valence-electron chi connectivity index (χ0n) is 12.2. The minimum absolute atomic E-state index is 0.613. The third-order valence-corrected chi connectivity index (χ3v) is 5.15. The van der Waals surface area contributed by atoms with Crippen molar-refractivity contribution in [3.05, 3.63) is 41.7 Å². The van der Waals surface area contributed by atoms with Crippen LogP contribution in [-0.4, -0.2) is 21.7 Å². The van der Waals surface area contributed by atoms with Crippen molar-refractivity contribution in [1.82, 2.24) is 14.7 Å². The van der Waals surface area contributed by atoms with Crippen molar-refractivity contribution in [3.63, 3.8) is 0 Å². The largest absolute Gasteiger partial charge is 0.295 e. The molecular formula is C15H18N4S2. The van der Waals surface area contributed by atoms with Gasteiger partial charge < -0.3 is 0 Å². The van der Waals surface area contributed by atoms with Crippen LogP contribution >= 0.6 is 23.3 Å². The summed E-state index contributed by atoms with van der Waals surface area (Å²) in [6.45, 7) is 4.78. The van der Waals surface area contributed by atoms with Crippen molar-refractivity contribution in [1.29, 1.82) is 5.26 Å². The molecule has 0 radical (unpaired) electrons. The third-order valence-electron chi connectivity index (χ3n) is 3.06. The van der Waals surface area contributed by atoms with E-state index in [0.717, 1.165) is 28.7 Å². The highest BCUT2D eigenvalue weighted by molar-refractivity contribution is 8.01. The Labute approximate surface area is 133 Å². The van der Waals surface area contributed by atoms with Crippen LogP contribution in [0.2, 0.25) is 0 Å². The minimum atomic E-state index is -0.693. The van der Waals surface area contributed by atoms with E-state index in [1.807, 2.05) is 37.3 Å². The Hall–Kier alpha value is -1.42. The first-order valence-corrected chi connectivity index (χ1v) is 8.61. The highest BCUT2D eigenvalue weighted by atomic mass is 32.2. The van der Waals surface area contributed by atoms with Gasteiger partial charge in [-0.2, -0.15) is 9.64 Å². The lowest BCUT2D eigenvalue weighted by Gasteiger charge is -2.27. The van der Waals surface area contributed by atoms with Crippen molar-refractivity contribution in [2.24, 2.45) is 0 Å². The van der Waals surface area contributed by atoms with Gasteiger partial charge in [0.05, 0.1) is 6.07 Å². The van der Waals surface area contributed by atoms with Crippen LogP contribution in [0.1, 0.15) is 24.7 Å².